The van der Waals surface area contributed by atoms with Crippen LogP contribution in [-0.4, -0.2) is 27.7 Å². The van der Waals surface area contributed by atoms with Crippen LogP contribution >= 0.6 is 0 Å². The Balaban J connectivity index is 2.16. The van der Waals surface area contributed by atoms with Crippen LogP contribution in [0.5, 0.6) is 0 Å². The molecule has 0 aliphatic rings. The zero-order valence-electron chi connectivity index (χ0n) is 11.6. The molecule has 0 radical (unpaired) electrons. The van der Waals surface area contributed by atoms with E-state index in [0.29, 0.717) is 24.4 Å². The van der Waals surface area contributed by atoms with Gasteiger partial charge in [-0.3, -0.25) is 14.0 Å². The van der Waals surface area contributed by atoms with Crippen LogP contribution in [0.3, 0.4) is 0 Å². The maximum absolute atomic E-state index is 12.2. The molecule has 106 valence electrons. The number of fused-ring (bicyclic) bond motifs is 1. The number of hydrogen-bond acceptors (Lipinski definition) is 3. The highest BCUT2D eigenvalue weighted by molar-refractivity contribution is 5.94. The molecule has 2 heterocycles. The summed E-state index contributed by atoms with van der Waals surface area (Å²) in [5.74, 6) is -0.550. The van der Waals surface area contributed by atoms with Crippen molar-refractivity contribution in [3.05, 3.63) is 35.3 Å². The molecule has 2 amide bonds. The molecule has 2 aromatic rings. The maximum atomic E-state index is 12.2. The van der Waals surface area contributed by atoms with E-state index in [1.807, 2.05) is 32.2 Å². The van der Waals surface area contributed by atoms with Crippen LogP contribution in [0, 0.1) is 13.8 Å². The van der Waals surface area contributed by atoms with E-state index in [-0.39, 0.29) is 18.2 Å². The molecule has 0 saturated carbocycles. The Morgan fingerprint density at radius 2 is 2.15 bits per heavy atom. The van der Waals surface area contributed by atoms with E-state index < -0.39 is 0 Å². The number of carbonyl (C=O) groups excluding carboxylic acids is 2. The van der Waals surface area contributed by atoms with Gasteiger partial charge >= 0.3 is 0 Å². The minimum atomic E-state index is -0.360. The molecule has 0 saturated heterocycles. The summed E-state index contributed by atoms with van der Waals surface area (Å²) in [5.41, 5.74) is 8.07. The number of pyridine rings is 1. The second kappa shape index (κ2) is 5.73. The van der Waals surface area contributed by atoms with Crippen molar-refractivity contribution >= 4 is 17.5 Å². The van der Waals surface area contributed by atoms with Crippen molar-refractivity contribution in [2.45, 2.75) is 26.7 Å². The van der Waals surface area contributed by atoms with Gasteiger partial charge < -0.3 is 11.1 Å². The molecule has 2 aromatic heterocycles. The van der Waals surface area contributed by atoms with Crippen molar-refractivity contribution < 1.29 is 9.59 Å². The van der Waals surface area contributed by atoms with Crippen molar-refractivity contribution in [3.8, 4) is 0 Å². The third-order valence-electron chi connectivity index (χ3n) is 3.12. The van der Waals surface area contributed by atoms with E-state index in [9.17, 15) is 9.59 Å². The van der Waals surface area contributed by atoms with E-state index in [2.05, 4.69) is 10.3 Å². The van der Waals surface area contributed by atoms with Gasteiger partial charge in [0.2, 0.25) is 5.91 Å². The van der Waals surface area contributed by atoms with Crippen LogP contribution in [0.2, 0.25) is 0 Å². The number of nitrogens with two attached hydrogens (primary N) is 1. The summed E-state index contributed by atoms with van der Waals surface area (Å²) in [6.45, 7) is 4.18. The number of rotatable bonds is 5. The Labute approximate surface area is 117 Å². The van der Waals surface area contributed by atoms with Crippen LogP contribution in [-0.2, 0) is 4.79 Å². The summed E-state index contributed by atoms with van der Waals surface area (Å²) in [4.78, 5) is 27.3. The van der Waals surface area contributed by atoms with Crippen molar-refractivity contribution in [2.24, 2.45) is 5.73 Å². The highest BCUT2D eigenvalue weighted by Gasteiger charge is 2.16. The molecule has 0 spiro atoms. The van der Waals surface area contributed by atoms with Crippen LogP contribution in [0.25, 0.3) is 5.65 Å². The number of nitrogens with one attached hydrogen (secondary N) is 1. The zero-order chi connectivity index (χ0) is 14.7. The first-order valence-electron chi connectivity index (χ1n) is 6.51. The SMILES string of the molecule is Cc1nc2c(C)cccn2c1C(=O)NCCCC(N)=O. The lowest BCUT2D eigenvalue weighted by Crippen LogP contribution is -2.27. The Morgan fingerprint density at radius 1 is 1.40 bits per heavy atom. The monoisotopic (exact) mass is 274 g/mol. The first-order chi connectivity index (χ1) is 9.50. The van der Waals surface area contributed by atoms with Gasteiger partial charge in [0.15, 0.2) is 0 Å². The third kappa shape index (κ3) is 2.79. The molecule has 3 N–H and O–H groups in total. The summed E-state index contributed by atoms with van der Waals surface area (Å²) < 4.78 is 1.79. The van der Waals surface area contributed by atoms with Gasteiger partial charge in [0, 0.05) is 19.2 Å². The second-order valence-electron chi connectivity index (χ2n) is 4.76. The molecule has 6 nitrogen and oxygen atoms in total. The first kappa shape index (κ1) is 14.0. The van der Waals surface area contributed by atoms with E-state index in [1.54, 1.807) is 4.40 Å². The summed E-state index contributed by atoms with van der Waals surface area (Å²) in [5, 5.41) is 2.79. The van der Waals surface area contributed by atoms with Crippen LogP contribution in [0.1, 0.15) is 34.6 Å². The molecule has 6 heteroatoms. The quantitative estimate of drug-likeness (QED) is 0.795. The molecule has 2 rings (SSSR count). The third-order valence-corrected chi connectivity index (χ3v) is 3.12. The number of hydrogen-bond donors (Lipinski definition) is 2. The molecule has 0 aromatic carbocycles. The van der Waals surface area contributed by atoms with Gasteiger partial charge in [-0.25, -0.2) is 4.98 Å². The summed E-state index contributed by atoms with van der Waals surface area (Å²) in [7, 11) is 0. The van der Waals surface area contributed by atoms with Gasteiger partial charge in [-0.05, 0) is 31.9 Å². The van der Waals surface area contributed by atoms with E-state index >= 15 is 0 Å². The number of amides is 2. The van der Waals surface area contributed by atoms with Gasteiger partial charge in [-0.15, -0.1) is 0 Å². The van der Waals surface area contributed by atoms with E-state index in [1.165, 1.54) is 0 Å². The summed E-state index contributed by atoms with van der Waals surface area (Å²) in [6.07, 6.45) is 2.63. The van der Waals surface area contributed by atoms with Crippen molar-refractivity contribution in [1.29, 1.82) is 0 Å². The number of nitrogens with zero attached hydrogens (tertiary/aromatic N) is 2. The lowest BCUT2D eigenvalue weighted by Gasteiger charge is -2.05. The largest absolute Gasteiger partial charge is 0.370 e. The fourth-order valence-electron chi connectivity index (χ4n) is 2.14. The lowest BCUT2D eigenvalue weighted by atomic mass is 10.2. The van der Waals surface area contributed by atoms with E-state index in [0.717, 1.165) is 11.2 Å². The first-order valence-corrected chi connectivity index (χ1v) is 6.51. The molecule has 0 aliphatic heterocycles. The molecule has 20 heavy (non-hydrogen) atoms. The highest BCUT2D eigenvalue weighted by atomic mass is 16.2. The van der Waals surface area contributed by atoms with E-state index in [4.69, 9.17) is 5.73 Å². The van der Waals surface area contributed by atoms with Gasteiger partial charge in [0.25, 0.3) is 5.91 Å². The van der Waals surface area contributed by atoms with Crippen molar-refractivity contribution in [3.63, 3.8) is 0 Å². The fraction of sp³-hybridized carbons (Fsp3) is 0.357. The number of aryl methyl sites for hydroxylation is 2. The smallest absolute Gasteiger partial charge is 0.270 e. The predicted molar refractivity (Wildman–Crippen MR) is 75.4 cm³/mol. The summed E-state index contributed by atoms with van der Waals surface area (Å²) >= 11 is 0. The maximum Gasteiger partial charge on any atom is 0.270 e. The second-order valence-corrected chi connectivity index (χ2v) is 4.76. The Morgan fingerprint density at radius 3 is 2.85 bits per heavy atom. The van der Waals surface area contributed by atoms with Crippen molar-refractivity contribution in [1.82, 2.24) is 14.7 Å². The minimum Gasteiger partial charge on any atom is -0.370 e. The molecule has 0 aliphatic carbocycles. The van der Waals surface area contributed by atoms with Gasteiger partial charge in [-0.1, -0.05) is 6.07 Å². The minimum absolute atomic E-state index is 0.190. The van der Waals surface area contributed by atoms with Crippen LogP contribution < -0.4 is 11.1 Å². The molecule has 0 bridgehead atoms. The standard InChI is InChI=1S/C14H18N4O2/c1-9-5-4-8-18-12(10(2)17-13(9)18)14(20)16-7-3-6-11(15)19/h4-5,8H,3,6-7H2,1-2H3,(H2,15,19)(H,16,20). The normalized spacial score (nSPS) is 10.7. The number of imidazole rings is 1. The molecular weight excluding hydrogens is 256 g/mol. The number of carbonyl (C=O) groups is 2. The predicted octanol–water partition coefficient (Wildman–Crippen LogP) is 0.946. The Hall–Kier alpha value is -2.37. The topological polar surface area (TPSA) is 89.5 Å². The summed E-state index contributed by atoms with van der Waals surface area (Å²) in [6, 6.07) is 3.84. The average Bonchev–Trinajstić information content (AvgIpc) is 2.72. The van der Waals surface area contributed by atoms with Gasteiger partial charge in [0.05, 0.1) is 5.69 Å². The molecule has 0 atom stereocenters. The number of primary amides is 1. The number of aromatic nitrogens is 2. The zero-order valence-corrected chi connectivity index (χ0v) is 11.6. The van der Waals surface area contributed by atoms with Gasteiger partial charge in [-0.2, -0.15) is 0 Å². The van der Waals surface area contributed by atoms with Gasteiger partial charge in [0.1, 0.15) is 11.3 Å². The Kier molecular flexibility index (Phi) is 4.02. The highest BCUT2D eigenvalue weighted by Crippen LogP contribution is 2.15. The molecular formula is C14H18N4O2. The van der Waals surface area contributed by atoms with Crippen LogP contribution in [0.4, 0.5) is 0 Å². The molecule has 0 fully saturated rings. The van der Waals surface area contributed by atoms with Crippen molar-refractivity contribution in [2.75, 3.05) is 6.54 Å². The average molecular weight is 274 g/mol. The Bertz CT molecular complexity index is 660. The fourth-order valence-corrected chi connectivity index (χ4v) is 2.14. The van der Waals surface area contributed by atoms with Crippen LogP contribution in [0.15, 0.2) is 18.3 Å². The lowest BCUT2D eigenvalue weighted by molar-refractivity contribution is -0.118. The molecule has 0 unspecified atom stereocenters.